The number of fused-ring (bicyclic) bond motifs is 1. The first kappa shape index (κ1) is 14.6. The van der Waals surface area contributed by atoms with Crippen molar-refractivity contribution < 1.29 is 4.79 Å². The molecular formula is C20H21NO. The van der Waals surface area contributed by atoms with Crippen LogP contribution in [0, 0.1) is 0 Å². The number of ketones is 1. The van der Waals surface area contributed by atoms with Crippen molar-refractivity contribution in [3.8, 4) is 0 Å². The highest BCUT2D eigenvalue weighted by Gasteiger charge is 2.12. The summed E-state index contributed by atoms with van der Waals surface area (Å²) in [5, 5.41) is 0. The summed E-state index contributed by atoms with van der Waals surface area (Å²) in [6.45, 7) is 0. The van der Waals surface area contributed by atoms with E-state index in [0.717, 1.165) is 29.7 Å². The summed E-state index contributed by atoms with van der Waals surface area (Å²) < 4.78 is 0. The number of nitrogens with zero attached hydrogens (tertiary/aromatic N) is 1. The molecule has 0 amide bonds. The molecule has 2 heteroatoms. The van der Waals surface area contributed by atoms with Crippen LogP contribution in [-0.2, 0) is 12.8 Å². The second kappa shape index (κ2) is 6.18. The van der Waals surface area contributed by atoms with Gasteiger partial charge < -0.3 is 4.90 Å². The highest BCUT2D eigenvalue weighted by atomic mass is 16.1. The molecule has 0 saturated carbocycles. The van der Waals surface area contributed by atoms with Crippen molar-refractivity contribution in [3.63, 3.8) is 0 Å². The molecule has 1 aliphatic carbocycles. The number of hydrogen-bond acceptors (Lipinski definition) is 2. The third-order valence-electron chi connectivity index (χ3n) is 4.22. The van der Waals surface area contributed by atoms with Crippen molar-refractivity contribution in [1.29, 1.82) is 0 Å². The fourth-order valence-corrected chi connectivity index (χ4v) is 2.88. The minimum atomic E-state index is 0.0754. The Hall–Kier alpha value is -2.35. The molecule has 0 fully saturated rings. The largest absolute Gasteiger partial charge is 0.378 e. The van der Waals surface area contributed by atoms with Gasteiger partial charge in [0.2, 0.25) is 0 Å². The van der Waals surface area contributed by atoms with Gasteiger partial charge in [0.15, 0.2) is 5.78 Å². The van der Waals surface area contributed by atoms with Crippen molar-refractivity contribution >= 4 is 17.5 Å². The van der Waals surface area contributed by atoms with Crippen molar-refractivity contribution in [3.05, 3.63) is 70.8 Å². The van der Waals surface area contributed by atoms with Crippen LogP contribution < -0.4 is 4.90 Å². The van der Waals surface area contributed by atoms with E-state index >= 15 is 0 Å². The molecule has 0 atom stereocenters. The molecule has 0 radical (unpaired) electrons. The summed E-state index contributed by atoms with van der Waals surface area (Å²) in [7, 11) is 4.03. The molecule has 112 valence electrons. The second-order valence-corrected chi connectivity index (χ2v) is 6.02. The van der Waals surface area contributed by atoms with Crippen LogP contribution in [0.3, 0.4) is 0 Å². The van der Waals surface area contributed by atoms with E-state index in [2.05, 4.69) is 29.2 Å². The molecule has 2 nitrogen and oxygen atoms in total. The van der Waals surface area contributed by atoms with E-state index in [1.54, 1.807) is 6.08 Å². The maximum absolute atomic E-state index is 12.3. The Labute approximate surface area is 132 Å². The molecule has 0 heterocycles. The molecular weight excluding hydrogens is 270 g/mol. The van der Waals surface area contributed by atoms with Crippen LogP contribution in [0.25, 0.3) is 6.08 Å². The first-order valence-electron chi connectivity index (χ1n) is 7.75. The minimum absolute atomic E-state index is 0.0754. The van der Waals surface area contributed by atoms with Crippen LogP contribution in [0.15, 0.2) is 48.5 Å². The maximum Gasteiger partial charge on any atom is 0.185 e. The van der Waals surface area contributed by atoms with Crippen LogP contribution >= 0.6 is 0 Å². The number of hydrogen-bond donors (Lipinski definition) is 0. The van der Waals surface area contributed by atoms with E-state index in [-0.39, 0.29) is 5.78 Å². The predicted octanol–water partition coefficient (Wildman–Crippen LogP) is 4.14. The smallest absolute Gasteiger partial charge is 0.185 e. The van der Waals surface area contributed by atoms with E-state index in [0.29, 0.717) is 0 Å². The van der Waals surface area contributed by atoms with E-state index < -0.39 is 0 Å². The van der Waals surface area contributed by atoms with Gasteiger partial charge in [0, 0.05) is 25.3 Å². The van der Waals surface area contributed by atoms with E-state index in [1.807, 2.05) is 38.4 Å². The molecule has 2 aromatic carbocycles. The fourth-order valence-electron chi connectivity index (χ4n) is 2.88. The second-order valence-electron chi connectivity index (χ2n) is 6.02. The molecule has 3 rings (SSSR count). The Balaban J connectivity index is 1.73. The van der Waals surface area contributed by atoms with Gasteiger partial charge in [-0.3, -0.25) is 4.79 Å². The average Bonchev–Trinajstić information content (AvgIpc) is 3.00. The Bertz CT molecular complexity index is 711. The summed E-state index contributed by atoms with van der Waals surface area (Å²) in [6, 6.07) is 14.3. The van der Waals surface area contributed by atoms with Crippen LogP contribution in [0.1, 0.15) is 33.5 Å². The normalized spacial score (nSPS) is 13.4. The molecule has 0 aromatic heterocycles. The summed E-state index contributed by atoms with van der Waals surface area (Å²) in [5.74, 6) is 0.0754. The first-order chi connectivity index (χ1) is 10.6. The number of carbonyl (C=O) groups excluding carboxylic acids is 1. The lowest BCUT2D eigenvalue weighted by Gasteiger charge is -2.11. The number of carbonyl (C=O) groups is 1. The van der Waals surface area contributed by atoms with Gasteiger partial charge in [-0.15, -0.1) is 0 Å². The zero-order valence-electron chi connectivity index (χ0n) is 13.2. The molecule has 0 aliphatic heterocycles. The lowest BCUT2D eigenvalue weighted by Crippen LogP contribution is -2.07. The number of anilines is 1. The topological polar surface area (TPSA) is 20.3 Å². The summed E-state index contributed by atoms with van der Waals surface area (Å²) in [5.41, 5.74) is 5.73. The zero-order valence-corrected chi connectivity index (χ0v) is 13.2. The van der Waals surface area contributed by atoms with E-state index in [9.17, 15) is 4.79 Å². The Morgan fingerprint density at radius 1 is 1.00 bits per heavy atom. The van der Waals surface area contributed by atoms with Gasteiger partial charge in [-0.05, 0) is 60.2 Å². The highest BCUT2D eigenvalue weighted by Crippen LogP contribution is 2.23. The van der Waals surface area contributed by atoms with Gasteiger partial charge in [-0.1, -0.05) is 30.3 Å². The maximum atomic E-state index is 12.3. The van der Waals surface area contributed by atoms with Crippen molar-refractivity contribution in [2.45, 2.75) is 19.3 Å². The monoisotopic (exact) mass is 291 g/mol. The van der Waals surface area contributed by atoms with Crippen molar-refractivity contribution in [2.24, 2.45) is 0 Å². The minimum Gasteiger partial charge on any atom is -0.378 e. The lowest BCUT2D eigenvalue weighted by atomic mass is 10.0. The fraction of sp³-hybridized carbons (Fsp3) is 0.250. The number of rotatable bonds is 4. The first-order valence-corrected chi connectivity index (χ1v) is 7.75. The van der Waals surface area contributed by atoms with Gasteiger partial charge in [0.25, 0.3) is 0 Å². The van der Waals surface area contributed by atoms with Gasteiger partial charge in [0.1, 0.15) is 0 Å². The predicted molar refractivity (Wildman–Crippen MR) is 92.6 cm³/mol. The van der Waals surface area contributed by atoms with E-state index in [4.69, 9.17) is 0 Å². The third kappa shape index (κ3) is 3.11. The quantitative estimate of drug-likeness (QED) is 0.623. The molecule has 22 heavy (non-hydrogen) atoms. The molecule has 1 aliphatic rings. The van der Waals surface area contributed by atoms with Gasteiger partial charge >= 0.3 is 0 Å². The number of benzene rings is 2. The third-order valence-corrected chi connectivity index (χ3v) is 4.22. The number of allylic oxidation sites excluding steroid dienone is 1. The molecule has 0 N–H and O–H groups in total. The summed E-state index contributed by atoms with van der Waals surface area (Å²) in [4.78, 5) is 14.4. The van der Waals surface area contributed by atoms with Crippen LogP contribution in [0.4, 0.5) is 5.69 Å². The molecule has 2 aromatic rings. The van der Waals surface area contributed by atoms with Crippen LogP contribution in [0.5, 0.6) is 0 Å². The molecule has 0 unspecified atom stereocenters. The van der Waals surface area contributed by atoms with E-state index in [1.165, 1.54) is 17.5 Å². The lowest BCUT2D eigenvalue weighted by molar-refractivity contribution is 0.104. The number of aryl methyl sites for hydroxylation is 2. The van der Waals surface area contributed by atoms with Gasteiger partial charge in [0.05, 0.1) is 0 Å². The molecule has 0 spiro atoms. The SMILES string of the molecule is CN(C)c1ccc(/C=C/C(=O)c2ccc3c(c2)CCC3)cc1. The average molecular weight is 291 g/mol. The molecule has 0 saturated heterocycles. The molecule has 0 bridgehead atoms. The Kier molecular flexibility index (Phi) is 4.10. The Morgan fingerprint density at radius 2 is 1.73 bits per heavy atom. The van der Waals surface area contributed by atoms with Gasteiger partial charge in [-0.2, -0.15) is 0 Å². The zero-order chi connectivity index (χ0) is 15.5. The highest BCUT2D eigenvalue weighted by molar-refractivity contribution is 6.07. The van der Waals surface area contributed by atoms with Crippen molar-refractivity contribution in [1.82, 2.24) is 0 Å². The van der Waals surface area contributed by atoms with Gasteiger partial charge in [-0.25, -0.2) is 0 Å². The standard InChI is InChI=1S/C20H21NO/c1-21(2)19-11-6-15(7-12-19)8-13-20(22)18-10-9-16-4-3-5-17(16)14-18/h6-14H,3-5H2,1-2H3/b13-8+. The summed E-state index contributed by atoms with van der Waals surface area (Å²) in [6.07, 6.45) is 7.02. The van der Waals surface area contributed by atoms with Crippen LogP contribution in [-0.4, -0.2) is 19.9 Å². The summed E-state index contributed by atoms with van der Waals surface area (Å²) >= 11 is 0. The van der Waals surface area contributed by atoms with Crippen molar-refractivity contribution in [2.75, 3.05) is 19.0 Å². The van der Waals surface area contributed by atoms with Crippen LogP contribution in [0.2, 0.25) is 0 Å². The Morgan fingerprint density at radius 3 is 2.45 bits per heavy atom.